The Balaban J connectivity index is 2.22. The number of hydrogen-bond donors (Lipinski definition) is 1. The first-order chi connectivity index (χ1) is 10.1. The van der Waals surface area contributed by atoms with Gasteiger partial charge in [0.25, 0.3) is 0 Å². The van der Waals surface area contributed by atoms with Crippen molar-refractivity contribution in [3.05, 3.63) is 12.2 Å². The summed E-state index contributed by atoms with van der Waals surface area (Å²) in [5.74, 6) is 0.402. The van der Waals surface area contributed by atoms with Crippen molar-refractivity contribution >= 4 is 11.8 Å². The molecule has 0 aromatic heterocycles. The summed E-state index contributed by atoms with van der Waals surface area (Å²) in [6.07, 6.45) is 14.9. The van der Waals surface area contributed by atoms with Gasteiger partial charge in [0.1, 0.15) is 5.78 Å². The van der Waals surface area contributed by atoms with E-state index in [-0.39, 0.29) is 12.3 Å². The molecule has 0 spiro atoms. The minimum Gasteiger partial charge on any atom is -0.481 e. The van der Waals surface area contributed by atoms with Gasteiger partial charge in [-0.1, -0.05) is 51.2 Å². The lowest BCUT2D eigenvalue weighted by Crippen LogP contribution is -2.13. The van der Waals surface area contributed by atoms with Crippen LogP contribution in [0.2, 0.25) is 0 Å². The first-order valence-electron chi connectivity index (χ1n) is 8.56. The number of allylic oxidation sites excluding steroid dienone is 2. The molecular weight excluding hydrogens is 264 g/mol. The summed E-state index contributed by atoms with van der Waals surface area (Å²) < 4.78 is 0. The number of hydrogen-bond acceptors (Lipinski definition) is 2. The number of ketones is 1. The number of carboxylic acids is 1. The Kier molecular flexibility index (Phi) is 9.04. The molecule has 0 aromatic carbocycles. The zero-order chi connectivity index (χ0) is 15.5. The van der Waals surface area contributed by atoms with Crippen molar-refractivity contribution in [1.29, 1.82) is 0 Å². The Morgan fingerprint density at radius 3 is 2.71 bits per heavy atom. The predicted molar refractivity (Wildman–Crippen MR) is 85.2 cm³/mol. The van der Waals surface area contributed by atoms with Crippen molar-refractivity contribution in [2.75, 3.05) is 0 Å². The monoisotopic (exact) mass is 294 g/mol. The SMILES string of the molecule is CCCCC=CC1CCC(=O)C1CCCCCCC(=O)O. The first-order valence-corrected chi connectivity index (χ1v) is 8.56. The summed E-state index contributed by atoms with van der Waals surface area (Å²) in [5.41, 5.74) is 0. The van der Waals surface area contributed by atoms with Crippen molar-refractivity contribution in [3.63, 3.8) is 0 Å². The van der Waals surface area contributed by atoms with Crippen LogP contribution in [-0.2, 0) is 9.59 Å². The van der Waals surface area contributed by atoms with Crippen LogP contribution in [0.1, 0.15) is 77.6 Å². The van der Waals surface area contributed by atoms with E-state index in [1.165, 1.54) is 12.8 Å². The van der Waals surface area contributed by atoms with Crippen LogP contribution in [0.25, 0.3) is 0 Å². The van der Waals surface area contributed by atoms with Crippen LogP contribution in [0.4, 0.5) is 0 Å². The average molecular weight is 294 g/mol. The number of Topliss-reactive ketones (excluding diaryl/α,β-unsaturated/α-hetero) is 1. The Bertz CT molecular complexity index is 346. The molecule has 0 bridgehead atoms. The Morgan fingerprint density at radius 1 is 1.24 bits per heavy atom. The van der Waals surface area contributed by atoms with E-state index in [9.17, 15) is 9.59 Å². The zero-order valence-electron chi connectivity index (χ0n) is 13.4. The van der Waals surface area contributed by atoms with Gasteiger partial charge >= 0.3 is 5.97 Å². The van der Waals surface area contributed by atoms with Crippen molar-refractivity contribution in [2.45, 2.75) is 77.6 Å². The Labute approximate surface area is 128 Å². The molecule has 21 heavy (non-hydrogen) atoms. The van der Waals surface area contributed by atoms with E-state index < -0.39 is 5.97 Å². The highest BCUT2D eigenvalue weighted by atomic mass is 16.4. The quantitative estimate of drug-likeness (QED) is 0.442. The summed E-state index contributed by atoms with van der Waals surface area (Å²) in [6.45, 7) is 2.19. The number of rotatable bonds is 11. The molecule has 1 saturated carbocycles. The van der Waals surface area contributed by atoms with E-state index in [1.807, 2.05) is 0 Å². The fraction of sp³-hybridized carbons (Fsp3) is 0.778. The lowest BCUT2D eigenvalue weighted by atomic mass is 9.89. The topological polar surface area (TPSA) is 54.4 Å². The lowest BCUT2D eigenvalue weighted by Gasteiger charge is -2.14. The van der Waals surface area contributed by atoms with Crippen LogP contribution in [0.5, 0.6) is 0 Å². The minimum absolute atomic E-state index is 0.224. The lowest BCUT2D eigenvalue weighted by molar-refractivity contribution is -0.137. The third-order valence-corrected chi connectivity index (χ3v) is 4.42. The van der Waals surface area contributed by atoms with Gasteiger partial charge in [-0.15, -0.1) is 0 Å². The summed E-state index contributed by atoms with van der Waals surface area (Å²) in [6, 6.07) is 0. The molecule has 0 aromatic rings. The first kappa shape index (κ1) is 17.9. The van der Waals surface area contributed by atoms with E-state index in [0.29, 0.717) is 11.7 Å². The molecule has 2 unspecified atom stereocenters. The van der Waals surface area contributed by atoms with Gasteiger partial charge in [0.15, 0.2) is 0 Å². The van der Waals surface area contributed by atoms with Gasteiger partial charge in [-0.25, -0.2) is 0 Å². The second-order valence-electron chi connectivity index (χ2n) is 6.19. The molecule has 0 amide bonds. The maximum Gasteiger partial charge on any atom is 0.303 e. The second kappa shape index (κ2) is 10.6. The highest BCUT2D eigenvalue weighted by Gasteiger charge is 2.31. The van der Waals surface area contributed by atoms with Gasteiger partial charge in [0.2, 0.25) is 0 Å². The minimum atomic E-state index is -0.710. The van der Waals surface area contributed by atoms with Crippen LogP contribution < -0.4 is 0 Å². The summed E-state index contributed by atoms with van der Waals surface area (Å²) >= 11 is 0. The van der Waals surface area contributed by atoms with Gasteiger partial charge in [-0.2, -0.15) is 0 Å². The second-order valence-corrected chi connectivity index (χ2v) is 6.19. The van der Waals surface area contributed by atoms with Crippen LogP contribution in [0.15, 0.2) is 12.2 Å². The zero-order valence-corrected chi connectivity index (χ0v) is 13.4. The molecule has 0 heterocycles. The maximum absolute atomic E-state index is 12.0. The predicted octanol–water partition coefficient (Wildman–Crippen LogP) is 4.75. The third-order valence-electron chi connectivity index (χ3n) is 4.42. The fourth-order valence-electron chi connectivity index (χ4n) is 3.13. The number of aliphatic carboxylic acids is 1. The van der Waals surface area contributed by atoms with E-state index in [0.717, 1.165) is 51.4 Å². The summed E-state index contributed by atoms with van der Waals surface area (Å²) in [5, 5.41) is 8.58. The van der Waals surface area contributed by atoms with Crippen molar-refractivity contribution in [2.24, 2.45) is 11.8 Å². The maximum atomic E-state index is 12.0. The molecule has 2 atom stereocenters. The van der Waals surface area contributed by atoms with Crippen LogP contribution in [0, 0.1) is 11.8 Å². The highest BCUT2D eigenvalue weighted by molar-refractivity contribution is 5.83. The van der Waals surface area contributed by atoms with Gasteiger partial charge in [-0.05, 0) is 31.6 Å². The molecule has 0 saturated heterocycles. The van der Waals surface area contributed by atoms with E-state index in [4.69, 9.17) is 5.11 Å². The van der Waals surface area contributed by atoms with Crippen LogP contribution in [-0.4, -0.2) is 16.9 Å². The molecule has 120 valence electrons. The molecule has 0 radical (unpaired) electrons. The van der Waals surface area contributed by atoms with Crippen molar-refractivity contribution in [3.8, 4) is 0 Å². The molecule has 0 aliphatic heterocycles. The summed E-state index contributed by atoms with van der Waals surface area (Å²) in [7, 11) is 0. The van der Waals surface area contributed by atoms with Crippen LogP contribution >= 0.6 is 0 Å². The van der Waals surface area contributed by atoms with Crippen LogP contribution in [0.3, 0.4) is 0 Å². The number of carbonyl (C=O) groups excluding carboxylic acids is 1. The van der Waals surface area contributed by atoms with Gasteiger partial charge in [-0.3, -0.25) is 9.59 Å². The fourth-order valence-corrected chi connectivity index (χ4v) is 3.13. The smallest absolute Gasteiger partial charge is 0.303 e. The molecular formula is C18H30O3. The highest BCUT2D eigenvalue weighted by Crippen LogP contribution is 2.33. The average Bonchev–Trinajstić information content (AvgIpc) is 2.79. The molecule has 1 fully saturated rings. The number of carbonyl (C=O) groups is 2. The largest absolute Gasteiger partial charge is 0.481 e. The summed E-state index contributed by atoms with van der Waals surface area (Å²) in [4.78, 5) is 22.4. The Hall–Kier alpha value is -1.12. The normalized spacial score (nSPS) is 22.2. The van der Waals surface area contributed by atoms with E-state index in [1.54, 1.807) is 0 Å². The standard InChI is InChI=1S/C18H30O3/c1-2-3-4-7-10-15-13-14-17(19)16(15)11-8-5-6-9-12-18(20)21/h7,10,15-16H,2-6,8-9,11-14H2,1H3,(H,20,21). The molecule has 1 aliphatic rings. The third kappa shape index (κ3) is 7.45. The van der Waals surface area contributed by atoms with Gasteiger partial charge in [0, 0.05) is 18.8 Å². The van der Waals surface area contributed by atoms with Crippen molar-refractivity contribution in [1.82, 2.24) is 0 Å². The van der Waals surface area contributed by atoms with Gasteiger partial charge in [0.05, 0.1) is 0 Å². The molecule has 3 nitrogen and oxygen atoms in total. The molecule has 3 heteroatoms. The van der Waals surface area contributed by atoms with Gasteiger partial charge < -0.3 is 5.11 Å². The van der Waals surface area contributed by atoms with Crippen molar-refractivity contribution < 1.29 is 14.7 Å². The number of unbranched alkanes of at least 4 members (excludes halogenated alkanes) is 5. The van der Waals surface area contributed by atoms with E-state index >= 15 is 0 Å². The Morgan fingerprint density at radius 2 is 2.00 bits per heavy atom. The molecule has 1 aliphatic carbocycles. The van der Waals surface area contributed by atoms with E-state index in [2.05, 4.69) is 19.1 Å². The number of carboxylic acid groups (broad SMARTS) is 1. The molecule has 1 N–H and O–H groups in total. The molecule has 1 rings (SSSR count).